The molecule has 0 amide bonds. The highest BCUT2D eigenvalue weighted by Gasteiger charge is 2.21. The Morgan fingerprint density at radius 3 is 2.53 bits per heavy atom. The molecule has 1 heterocycles. The number of benzene rings is 2. The van der Waals surface area contributed by atoms with Crippen molar-refractivity contribution in [1.82, 2.24) is 0 Å². The SMILES string of the molecule is c1ccc(C[NH2+]C[C@H]2COc3ccccc3O2)cc1. The second-order valence-corrected chi connectivity index (χ2v) is 4.71. The van der Waals surface area contributed by atoms with E-state index in [4.69, 9.17) is 9.47 Å². The Labute approximate surface area is 113 Å². The predicted octanol–water partition coefficient (Wildman–Crippen LogP) is 1.59. The topological polar surface area (TPSA) is 35.1 Å². The molecular formula is C16H18NO2+. The van der Waals surface area contributed by atoms with E-state index in [9.17, 15) is 0 Å². The van der Waals surface area contributed by atoms with Gasteiger partial charge >= 0.3 is 0 Å². The molecule has 2 N–H and O–H groups in total. The molecule has 0 aliphatic carbocycles. The zero-order valence-electron chi connectivity index (χ0n) is 10.8. The molecule has 0 fully saturated rings. The lowest BCUT2D eigenvalue weighted by Crippen LogP contribution is -2.85. The maximum Gasteiger partial charge on any atom is 0.181 e. The number of quaternary nitrogens is 1. The third-order valence-corrected chi connectivity index (χ3v) is 3.22. The number of hydrogen-bond acceptors (Lipinski definition) is 2. The first-order chi connectivity index (χ1) is 9.42. The summed E-state index contributed by atoms with van der Waals surface area (Å²) in [5.74, 6) is 1.70. The molecule has 2 aromatic carbocycles. The maximum absolute atomic E-state index is 5.91. The second kappa shape index (κ2) is 5.76. The van der Waals surface area contributed by atoms with Crippen molar-refractivity contribution in [3.63, 3.8) is 0 Å². The molecule has 19 heavy (non-hydrogen) atoms. The summed E-state index contributed by atoms with van der Waals surface area (Å²) >= 11 is 0. The molecular weight excluding hydrogens is 238 g/mol. The zero-order valence-corrected chi connectivity index (χ0v) is 10.8. The first kappa shape index (κ1) is 12.1. The van der Waals surface area contributed by atoms with Crippen LogP contribution < -0.4 is 14.8 Å². The number of fused-ring (bicyclic) bond motifs is 1. The Kier molecular flexibility index (Phi) is 3.65. The first-order valence-corrected chi connectivity index (χ1v) is 6.66. The smallest absolute Gasteiger partial charge is 0.181 e. The lowest BCUT2D eigenvalue weighted by Gasteiger charge is -2.25. The van der Waals surface area contributed by atoms with Gasteiger partial charge in [-0.15, -0.1) is 0 Å². The van der Waals surface area contributed by atoms with Gasteiger partial charge in [0.05, 0.1) is 0 Å². The third kappa shape index (κ3) is 3.06. The van der Waals surface area contributed by atoms with Gasteiger partial charge in [0.15, 0.2) is 17.6 Å². The number of para-hydroxylation sites is 2. The molecule has 3 nitrogen and oxygen atoms in total. The summed E-state index contributed by atoms with van der Waals surface area (Å²) in [6.07, 6.45) is 0.124. The van der Waals surface area contributed by atoms with Crippen LogP contribution in [-0.4, -0.2) is 19.3 Å². The molecule has 2 aromatic rings. The molecule has 0 radical (unpaired) electrons. The van der Waals surface area contributed by atoms with Gasteiger partial charge in [-0.2, -0.15) is 0 Å². The largest absolute Gasteiger partial charge is 0.486 e. The fourth-order valence-electron chi connectivity index (χ4n) is 2.23. The highest BCUT2D eigenvalue weighted by atomic mass is 16.6. The number of nitrogens with two attached hydrogens (primary N) is 1. The normalized spacial score (nSPS) is 17.2. The van der Waals surface area contributed by atoms with Crippen LogP contribution in [0.15, 0.2) is 54.6 Å². The van der Waals surface area contributed by atoms with E-state index in [1.54, 1.807) is 0 Å². The second-order valence-electron chi connectivity index (χ2n) is 4.71. The third-order valence-electron chi connectivity index (χ3n) is 3.22. The van der Waals surface area contributed by atoms with E-state index in [0.29, 0.717) is 6.61 Å². The molecule has 0 saturated heterocycles. The summed E-state index contributed by atoms with van der Waals surface area (Å²) in [6, 6.07) is 18.3. The van der Waals surface area contributed by atoms with E-state index in [1.165, 1.54) is 5.56 Å². The molecule has 3 heteroatoms. The minimum atomic E-state index is 0.124. The zero-order chi connectivity index (χ0) is 12.9. The lowest BCUT2D eigenvalue weighted by molar-refractivity contribution is -0.676. The molecule has 1 atom stereocenters. The Bertz CT molecular complexity index is 527. The van der Waals surface area contributed by atoms with Crippen LogP contribution in [0, 0.1) is 0 Å². The van der Waals surface area contributed by atoms with E-state index in [1.807, 2.05) is 30.3 Å². The van der Waals surface area contributed by atoms with Gasteiger partial charge in [-0.05, 0) is 12.1 Å². The minimum Gasteiger partial charge on any atom is -0.486 e. The van der Waals surface area contributed by atoms with Crippen LogP contribution in [0.2, 0.25) is 0 Å². The Hall–Kier alpha value is -2.00. The molecule has 0 bridgehead atoms. The number of rotatable bonds is 4. The van der Waals surface area contributed by atoms with Crippen molar-refractivity contribution in [2.75, 3.05) is 13.2 Å². The summed E-state index contributed by atoms with van der Waals surface area (Å²) in [5.41, 5.74) is 1.33. The summed E-state index contributed by atoms with van der Waals surface area (Å²) in [6.45, 7) is 2.51. The van der Waals surface area contributed by atoms with Crippen molar-refractivity contribution >= 4 is 0 Å². The summed E-state index contributed by atoms with van der Waals surface area (Å²) in [5, 5.41) is 2.26. The first-order valence-electron chi connectivity index (χ1n) is 6.66. The highest BCUT2D eigenvalue weighted by molar-refractivity contribution is 5.40. The van der Waals surface area contributed by atoms with Gasteiger partial charge in [0.2, 0.25) is 0 Å². The molecule has 1 aliphatic heterocycles. The van der Waals surface area contributed by atoms with E-state index in [0.717, 1.165) is 24.6 Å². The fourth-order valence-corrected chi connectivity index (χ4v) is 2.23. The van der Waals surface area contributed by atoms with Crippen molar-refractivity contribution in [2.45, 2.75) is 12.6 Å². The van der Waals surface area contributed by atoms with Gasteiger partial charge in [-0.3, -0.25) is 0 Å². The van der Waals surface area contributed by atoms with Crippen LogP contribution in [0.3, 0.4) is 0 Å². The molecule has 0 aromatic heterocycles. The average molecular weight is 256 g/mol. The van der Waals surface area contributed by atoms with Crippen molar-refractivity contribution in [3.8, 4) is 11.5 Å². The molecule has 0 saturated carbocycles. The van der Waals surface area contributed by atoms with E-state index in [2.05, 4.69) is 29.6 Å². The van der Waals surface area contributed by atoms with Crippen LogP contribution in [0.25, 0.3) is 0 Å². The Morgan fingerprint density at radius 1 is 0.947 bits per heavy atom. The van der Waals surface area contributed by atoms with Crippen LogP contribution in [-0.2, 0) is 6.54 Å². The van der Waals surface area contributed by atoms with E-state index < -0.39 is 0 Å². The van der Waals surface area contributed by atoms with Crippen molar-refractivity contribution < 1.29 is 14.8 Å². The Balaban J connectivity index is 1.50. The standard InChI is InChI=1S/C16H17NO2/c1-2-6-13(7-3-1)10-17-11-14-12-18-15-8-4-5-9-16(15)19-14/h1-9,14,17H,10-12H2/p+1/t14-/m0/s1. The fraction of sp³-hybridized carbons (Fsp3) is 0.250. The van der Waals surface area contributed by atoms with Crippen molar-refractivity contribution in [2.24, 2.45) is 0 Å². The lowest BCUT2D eigenvalue weighted by atomic mass is 10.2. The van der Waals surface area contributed by atoms with Gasteiger partial charge < -0.3 is 14.8 Å². The van der Waals surface area contributed by atoms with Crippen LogP contribution in [0.1, 0.15) is 5.56 Å². The van der Waals surface area contributed by atoms with E-state index in [-0.39, 0.29) is 6.10 Å². The summed E-state index contributed by atoms with van der Waals surface area (Å²) < 4.78 is 11.6. The minimum absolute atomic E-state index is 0.124. The molecule has 98 valence electrons. The average Bonchev–Trinajstić information content (AvgIpc) is 2.48. The van der Waals surface area contributed by atoms with Crippen LogP contribution in [0.5, 0.6) is 11.5 Å². The number of ether oxygens (including phenoxy) is 2. The molecule has 1 aliphatic rings. The van der Waals surface area contributed by atoms with Crippen molar-refractivity contribution in [1.29, 1.82) is 0 Å². The monoisotopic (exact) mass is 256 g/mol. The molecule has 0 unspecified atom stereocenters. The molecule has 0 spiro atoms. The van der Waals surface area contributed by atoms with E-state index >= 15 is 0 Å². The van der Waals surface area contributed by atoms with Gasteiger partial charge in [-0.25, -0.2) is 0 Å². The van der Waals surface area contributed by atoms with Crippen molar-refractivity contribution in [3.05, 3.63) is 60.2 Å². The van der Waals surface area contributed by atoms with Crippen LogP contribution >= 0.6 is 0 Å². The highest BCUT2D eigenvalue weighted by Crippen LogP contribution is 2.30. The Morgan fingerprint density at radius 2 is 1.68 bits per heavy atom. The van der Waals surface area contributed by atoms with Gasteiger partial charge in [-0.1, -0.05) is 42.5 Å². The predicted molar refractivity (Wildman–Crippen MR) is 73.3 cm³/mol. The summed E-state index contributed by atoms with van der Waals surface area (Å²) in [4.78, 5) is 0. The van der Waals surface area contributed by atoms with Gasteiger partial charge in [0.1, 0.15) is 19.7 Å². The van der Waals surface area contributed by atoms with Gasteiger partial charge in [0.25, 0.3) is 0 Å². The quantitative estimate of drug-likeness (QED) is 0.901. The maximum atomic E-state index is 5.91. The van der Waals surface area contributed by atoms with Crippen LogP contribution in [0.4, 0.5) is 0 Å². The summed E-state index contributed by atoms with van der Waals surface area (Å²) in [7, 11) is 0. The number of hydrogen-bond donors (Lipinski definition) is 1. The molecule has 3 rings (SSSR count). The van der Waals surface area contributed by atoms with Gasteiger partial charge in [0, 0.05) is 5.56 Å².